The fourth-order valence-corrected chi connectivity index (χ4v) is 3.23. The zero-order valence-electron chi connectivity index (χ0n) is 11.3. The van der Waals surface area contributed by atoms with Crippen LogP contribution in [0.25, 0.3) is 0 Å². The molecule has 0 bridgehead atoms. The van der Waals surface area contributed by atoms with Crippen molar-refractivity contribution in [2.75, 3.05) is 6.54 Å². The van der Waals surface area contributed by atoms with E-state index in [1.807, 2.05) is 17.0 Å². The summed E-state index contributed by atoms with van der Waals surface area (Å²) in [6, 6.07) is 3.81. The smallest absolute Gasteiger partial charge is 0.226 e. The molecule has 1 amide bonds. The molecule has 4 atom stereocenters. The Labute approximate surface area is 113 Å². The van der Waals surface area contributed by atoms with E-state index in [0.29, 0.717) is 0 Å². The van der Waals surface area contributed by atoms with Gasteiger partial charge < -0.3 is 14.4 Å². The average Bonchev–Trinajstić information content (AvgIpc) is 3.03. The van der Waals surface area contributed by atoms with E-state index in [4.69, 9.17) is 4.42 Å². The summed E-state index contributed by atoms with van der Waals surface area (Å²) in [5, 5.41) is 9.84. The first kappa shape index (κ1) is 12.7. The number of carbonyl (C=O) groups excluding carboxylic acids is 1. The summed E-state index contributed by atoms with van der Waals surface area (Å²) in [4.78, 5) is 14.5. The molecule has 1 saturated carbocycles. The van der Waals surface area contributed by atoms with Crippen LogP contribution in [0.3, 0.4) is 0 Å². The largest absolute Gasteiger partial charge is 0.469 e. The van der Waals surface area contributed by atoms with Gasteiger partial charge in [-0.2, -0.15) is 0 Å². The van der Waals surface area contributed by atoms with E-state index < -0.39 is 6.10 Å². The van der Waals surface area contributed by atoms with Gasteiger partial charge in [0.25, 0.3) is 0 Å². The van der Waals surface area contributed by atoms with E-state index in [1.165, 1.54) is 0 Å². The van der Waals surface area contributed by atoms with E-state index in [2.05, 4.69) is 0 Å². The van der Waals surface area contributed by atoms with Crippen LogP contribution in [0.5, 0.6) is 0 Å². The van der Waals surface area contributed by atoms with Gasteiger partial charge in [0, 0.05) is 18.4 Å². The Morgan fingerprint density at radius 3 is 3.05 bits per heavy atom. The van der Waals surface area contributed by atoms with Crippen LogP contribution in [0.4, 0.5) is 0 Å². The molecule has 0 aromatic carbocycles. The molecule has 1 N–H and O–H groups in total. The minimum atomic E-state index is -0.440. The maximum absolute atomic E-state index is 12.6. The topological polar surface area (TPSA) is 53.7 Å². The molecule has 104 valence electrons. The van der Waals surface area contributed by atoms with E-state index in [1.54, 1.807) is 13.2 Å². The molecule has 1 aromatic rings. The fourth-order valence-electron chi connectivity index (χ4n) is 3.23. The molecule has 0 radical (unpaired) electrons. The van der Waals surface area contributed by atoms with Crippen molar-refractivity contribution in [3.63, 3.8) is 0 Å². The van der Waals surface area contributed by atoms with Gasteiger partial charge in [0.2, 0.25) is 5.91 Å². The number of piperidine rings is 1. The first-order valence-electron chi connectivity index (χ1n) is 7.20. The van der Waals surface area contributed by atoms with Crippen molar-refractivity contribution in [1.29, 1.82) is 0 Å². The van der Waals surface area contributed by atoms with E-state index in [0.717, 1.165) is 38.0 Å². The number of aliphatic hydroxyl groups is 1. The Kier molecular flexibility index (Phi) is 3.35. The fraction of sp³-hybridized carbons (Fsp3) is 0.667. The summed E-state index contributed by atoms with van der Waals surface area (Å²) >= 11 is 0. The lowest BCUT2D eigenvalue weighted by Gasteiger charge is -2.37. The maximum atomic E-state index is 12.6. The van der Waals surface area contributed by atoms with Crippen molar-refractivity contribution in [3.05, 3.63) is 24.2 Å². The summed E-state index contributed by atoms with van der Waals surface area (Å²) in [6.45, 7) is 2.57. The monoisotopic (exact) mass is 263 g/mol. The molecule has 4 heteroatoms. The van der Waals surface area contributed by atoms with Crippen molar-refractivity contribution >= 4 is 5.91 Å². The third-order valence-corrected chi connectivity index (χ3v) is 4.41. The van der Waals surface area contributed by atoms with Crippen LogP contribution in [0.15, 0.2) is 22.8 Å². The Hall–Kier alpha value is -1.29. The molecular weight excluding hydrogens is 242 g/mol. The highest BCUT2D eigenvalue weighted by molar-refractivity contribution is 5.83. The zero-order valence-corrected chi connectivity index (χ0v) is 11.3. The van der Waals surface area contributed by atoms with Gasteiger partial charge in [-0.15, -0.1) is 0 Å². The molecule has 3 rings (SSSR count). The van der Waals surface area contributed by atoms with Gasteiger partial charge >= 0.3 is 0 Å². The molecule has 4 nitrogen and oxygen atoms in total. The highest BCUT2D eigenvalue weighted by Gasteiger charge is 2.49. The number of likely N-dealkylation sites (tertiary alicyclic amines) is 1. The van der Waals surface area contributed by atoms with Crippen molar-refractivity contribution in [1.82, 2.24) is 4.90 Å². The van der Waals surface area contributed by atoms with Crippen LogP contribution in [-0.4, -0.2) is 34.6 Å². The number of aliphatic hydroxyl groups excluding tert-OH is 1. The van der Waals surface area contributed by atoms with E-state index in [-0.39, 0.29) is 23.8 Å². The second-order valence-electron chi connectivity index (χ2n) is 5.80. The summed E-state index contributed by atoms with van der Waals surface area (Å²) in [5.41, 5.74) is 0. The minimum absolute atomic E-state index is 0.000832. The molecule has 2 aliphatic rings. The summed E-state index contributed by atoms with van der Waals surface area (Å²) < 4.78 is 5.38. The maximum Gasteiger partial charge on any atom is 0.226 e. The SMILES string of the molecule is CC(O)C1CCCCN1C(=O)C1CC1c1ccco1. The Morgan fingerprint density at radius 1 is 1.53 bits per heavy atom. The number of rotatable bonds is 3. The quantitative estimate of drug-likeness (QED) is 0.909. The predicted molar refractivity (Wildman–Crippen MR) is 70.6 cm³/mol. The minimum Gasteiger partial charge on any atom is -0.469 e. The van der Waals surface area contributed by atoms with Crippen molar-refractivity contribution in [2.24, 2.45) is 5.92 Å². The Bertz CT molecular complexity index is 440. The second kappa shape index (κ2) is 5.00. The first-order chi connectivity index (χ1) is 9.18. The standard InChI is InChI=1S/C15H21NO3/c1-10(17)13-5-2-3-7-16(13)15(18)12-9-11(12)14-6-4-8-19-14/h4,6,8,10-13,17H,2-3,5,7,9H2,1H3. The second-order valence-corrected chi connectivity index (χ2v) is 5.80. The van der Waals surface area contributed by atoms with Crippen LogP contribution >= 0.6 is 0 Å². The van der Waals surface area contributed by atoms with Gasteiger partial charge in [-0.3, -0.25) is 4.79 Å². The summed E-state index contributed by atoms with van der Waals surface area (Å²) in [6.07, 6.45) is 5.18. The van der Waals surface area contributed by atoms with Crippen LogP contribution in [-0.2, 0) is 4.79 Å². The molecule has 1 aliphatic heterocycles. The van der Waals surface area contributed by atoms with Crippen LogP contribution in [0, 0.1) is 5.92 Å². The third-order valence-electron chi connectivity index (χ3n) is 4.41. The molecule has 4 unspecified atom stereocenters. The van der Waals surface area contributed by atoms with Crippen molar-refractivity contribution in [3.8, 4) is 0 Å². The summed E-state index contributed by atoms with van der Waals surface area (Å²) in [7, 11) is 0. The molecular formula is C15H21NO3. The lowest BCUT2D eigenvalue weighted by atomic mass is 9.97. The molecule has 1 aromatic heterocycles. The van der Waals surface area contributed by atoms with Crippen LogP contribution in [0.2, 0.25) is 0 Å². The Balaban J connectivity index is 1.67. The van der Waals surface area contributed by atoms with E-state index >= 15 is 0 Å². The summed E-state index contributed by atoms with van der Waals surface area (Å²) in [5.74, 6) is 1.43. The average molecular weight is 263 g/mol. The van der Waals surface area contributed by atoms with E-state index in [9.17, 15) is 9.90 Å². The van der Waals surface area contributed by atoms with Gasteiger partial charge in [0.1, 0.15) is 5.76 Å². The molecule has 1 aliphatic carbocycles. The lowest BCUT2D eigenvalue weighted by molar-refractivity contribution is -0.139. The predicted octanol–water partition coefficient (Wildman–Crippen LogP) is 2.15. The van der Waals surface area contributed by atoms with Gasteiger partial charge in [-0.05, 0) is 44.7 Å². The number of nitrogens with zero attached hydrogens (tertiary/aromatic N) is 1. The zero-order chi connectivity index (χ0) is 13.4. The van der Waals surface area contributed by atoms with Gasteiger partial charge in [-0.1, -0.05) is 0 Å². The third kappa shape index (κ3) is 2.41. The normalized spacial score (nSPS) is 32.1. The highest BCUT2D eigenvalue weighted by atomic mass is 16.3. The number of amides is 1. The lowest BCUT2D eigenvalue weighted by Crippen LogP contribution is -2.49. The highest BCUT2D eigenvalue weighted by Crippen LogP contribution is 2.49. The Morgan fingerprint density at radius 2 is 2.37 bits per heavy atom. The number of hydrogen-bond donors (Lipinski definition) is 1. The van der Waals surface area contributed by atoms with Gasteiger partial charge in [-0.25, -0.2) is 0 Å². The molecule has 2 fully saturated rings. The molecule has 19 heavy (non-hydrogen) atoms. The van der Waals surface area contributed by atoms with Crippen LogP contribution < -0.4 is 0 Å². The molecule has 0 spiro atoms. The molecule has 1 saturated heterocycles. The van der Waals surface area contributed by atoms with Gasteiger partial charge in [0.15, 0.2) is 0 Å². The van der Waals surface area contributed by atoms with Crippen LogP contribution in [0.1, 0.15) is 44.3 Å². The van der Waals surface area contributed by atoms with Gasteiger partial charge in [0.05, 0.1) is 18.4 Å². The number of furan rings is 1. The number of carbonyl (C=O) groups is 1. The van der Waals surface area contributed by atoms with Crippen molar-refractivity contribution < 1.29 is 14.3 Å². The van der Waals surface area contributed by atoms with Crippen molar-refractivity contribution in [2.45, 2.75) is 50.7 Å². The molecule has 2 heterocycles. The first-order valence-corrected chi connectivity index (χ1v) is 7.20. The number of hydrogen-bond acceptors (Lipinski definition) is 3.